The van der Waals surface area contributed by atoms with Crippen molar-refractivity contribution in [2.75, 3.05) is 11.4 Å². The van der Waals surface area contributed by atoms with Crippen molar-refractivity contribution in [2.45, 2.75) is 24.5 Å². The molecule has 0 spiro atoms. The number of urea groups is 1. The van der Waals surface area contributed by atoms with Gasteiger partial charge in [0.05, 0.1) is 28.9 Å². The summed E-state index contributed by atoms with van der Waals surface area (Å²) in [4.78, 5) is 49.7. The predicted octanol–water partition coefficient (Wildman–Crippen LogP) is 4.21. The van der Waals surface area contributed by atoms with Crippen LogP contribution in [0.25, 0.3) is 22.0 Å². The largest absolute Gasteiger partial charge is 0.332 e. The van der Waals surface area contributed by atoms with E-state index in [1.165, 1.54) is 4.90 Å². The number of benzene rings is 3. The molecule has 38 heavy (non-hydrogen) atoms. The first-order valence-electron chi connectivity index (χ1n) is 12.5. The number of hydrogen-bond acceptors (Lipinski definition) is 5. The van der Waals surface area contributed by atoms with Gasteiger partial charge in [0.25, 0.3) is 11.8 Å². The van der Waals surface area contributed by atoms with Crippen molar-refractivity contribution in [3.8, 4) is 17.2 Å². The molecule has 3 aromatic carbocycles. The molecule has 3 aliphatic rings. The third-order valence-electron chi connectivity index (χ3n) is 7.87. The number of aromatic nitrogens is 1. The van der Waals surface area contributed by atoms with E-state index in [-0.39, 0.29) is 29.9 Å². The predicted molar refractivity (Wildman–Crippen MR) is 140 cm³/mol. The molecule has 1 aromatic heterocycles. The van der Waals surface area contributed by atoms with Gasteiger partial charge in [0.1, 0.15) is 12.1 Å². The van der Waals surface area contributed by atoms with Crippen LogP contribution in [0.5, 0.6) is 0 Å². The quantitative estimate of drug-likeness (QED) is 0.394. The Morgan fingerprint density at radius 1 is 0.921 bits per heavy atom. The Kier molecular flexibility index (Phi) is 4.82. The number of likely N-dealkylation sites (tertiary alicyclic amines) is 1. The second kappa shape index (κ2) is 8.25. The van der Waals surface area contributed by atoms with Crippen molar-refractivity contribution in [1.82, 2.24) is 14.8 Å². The fraction of sp³-hybridized carbons (Fsp3) is 0.167. The Morgan fingerprint density at radius 3 is 2.45 bits per heavy atom. The standard InChI is InChI=1S/C30H21N5O3/c31-16-21-12-13-24(23-7-4-14-32-26(21)23)35-29(37)27-25-15-22(34(27)30(35)38)17-33(25)28(36)20-10-8-19(9-11-20)18-5-2-1-3-6-18/h1-14,22,25,27H,15,17H2/t22-,25-,27-/m0/s1. The zero-order valence-corrected chi connectivity index (χ0v) is 20.2. The highest BCUT2D eigenvalue weighted by Gasteiger charge is 2.63. The normalized spacial score (nSPS) is 21.8. The summed E-state index contributed by atoms with van der Waals surface area (Å²) in [5.74, 6) is -0.488. The van der Waals surface area contributed by atoms with Crippen LogP contribution in [0.1, 0.15) is 22.3 Å². The molecular formula is C30H21N5O3. The highest BCUT2D eigenvalue weighted by Crippen LogP contribution is 2.44. The molecule has 0 radical (unpaired) electrons. The van der Waals surface area contributed by atoms with Crippen LogP contribution < -0.4 is 4.90 Å². The molecular weight excluding hydrogens is 478 g/mol. The van der Waals surface area contributed by atoms with E-state index in [0.717, 1.165) is 11.1 Å². The van der Waals surface area contributed by atoms with Crippen LogP contribution in [-0.2, 0) is 4.79 Å². The fourth-order valence-electron chi connectivity index (χ4n) is 6.16. The number of fused-ring (bicyclic) bond motifs is 6. The summed E-state index contributed by atoms with van der Waals surface area (Å²) in [6, 6.07) is 24.5. The van der Waals surface area contributed by atoms with Crippen molar-refractivity contribution in [1.29, 1.82) is 5.26 Å². The van der Waals surface area contributed by atoms with Crippen LogP contribution in [0.15, 0.2) is 85.1 Å². The Hall–Kier alpha value is -5.03. The minimum Gasteiger partial charge on any atom is -0.331 e. The molecule has 3 saturated heterocycles. The molecule has 0 saturated carbocycles. The van der Waals surface area contributed by atoms with Crippen molar-refractivity contribution < 1.29 is 14.4 Å². The van der Waals surface area contributed by atoms with E-state index in [4.69, 9.17) is 0 Å². The molecule has 8 heteroatoms. The van der Waals surface area contributed by atoms with Gasteiger partial charge in [-0.05, 0) is 53.9 Å². The molecule has 4 amide bonds. The van der Waals surface area contributed by atoms with Crippen LogP contribution in [0.3, 0.4) is 0 Å². The maximum atomic E-state index is 13.7. The molecule has 8 nitrogen and oxygen atoms in total. The topological polar surface area (TPSA) is 97.6 Å². The van der Waals surface area contributed by atoms with Gasteiger partial charge in [0.2, 0.25) is 0 Å². The van der Waals surface area contributed by atoms with E-state index >= 15 is 0 Å². The second-order valence-corrected chi connectivity index (χ2v) is 9.81. The van der Waals surface area contributed by atoms with Gasteiger partial charge in [-0.25, -0.2) is 9.69 Å². The lowest BCUT2D eigenvalue weighted by Gasteiger charge is -2.35. The third-order valence-corrected chi connectivity index (χ3v) is 7.87. The van der Waals surface area contributed by atoms with Crippen LogP contribution in [0, 0.1) is 11.3 Å². The first-order valence-corrected chi connectivity index (χ1v) is 12.5. The van der Waals surface area contributed by atoms with Gasteiger partial charge in [-0.15, -0.1) is 0 Å². The number of nitriles is 1. The second-order valence-electron chi connectivity index (χ2n) is 9.81. The number of carbonyl (C=O) groups is 3. The lowest BCUT2D eigenvalue weighted by atomic mass is 10.0. The number of hydrogen-bond donors (Lipinski definition) is 0. The summed E-state index contributed by atoms with van der Waals surface area (Å²) < 4.78 is 0. The third kappa shape index (κ3) is 3.08. The van der Waals surface area contributed by atoms with Gasteiger partial charge in [0.15, 0.2) is 0 Å². The smallest absolute Gasteiger partial charge is 0.331 e. The maximum Gasteiger partial charge on any atom is 0.332 e. The summed E-state index contributed by atoms with van der Waals surface area (Å²) in [5.41, 5.74) is 3.88. The van der Waals surface area contributed by atoms with E-state index in [1.807, 2.05) is 54.6 Å². The SMILES string of the molecule is N#Cc1ccc(N2C(=O)[C@@H]3[C@@H]4C[C@@H](CN4C(=O)c4ccc(-c5ccccc5)cc4)N3C2=O)c2cccnc12. The molecule has 4 aromatic rings. The van der Waals surface area contributed by atoms with Crippen molar-refractivity contribution in [2.24, 2.45) is 0 Å². The first-order chi connectivity index (χ1) is 18.6. The van der Waals surface area contributed by atoms with Crippen molar-refractivity contribution in [3.05, 3.63) is 96.2 Å². The zero-order chi connectivity index (χ0) is 26.0. The van der Waals surface area contributed by atoms with Gasteiger partial charge in [-0.3, -0.25) is 14.6 Å². The maximum absolute atomic E-state index is 13.7. The number of nitrogens with zero attached hydrogens (tertiary/aromatic N) is 5. The molecule has 3 fully saturated rings. The Bertz CT molecular complexity index is 1680. The molecule has 2 bridgehead atoms. The average molecular weight is 500 g/mol. The van der Waals surface area contributed by atoms with Gasteiger partial charge < -0.3 is 9.80 Å². The van der Waals surface area contributed by atoms with Crippen LogP contribution in [0.2, 0.25) is 0 Å². The number of carbonyl (C=O) groups excluding carboxylic acids is 3. The molecule has 184 valence electrons. The number of amides is 4. The number of anilines is 1. The number of piperazine rings is 1. The van der Waals surface area contributed by atoms with E-state index in [2.05, 4.69) is 11.1 Å². The van der Waals surface area contributed by atoms with Crippen LogP contribution in [0.4, 0.5) is 10.5 Å². The zero-order valence-electron chi connectivity index (χ0n) is 20.2. The monoisotopic (exact) mass is 499 g/mol. The molecule has 7 rings (SSSR count). The van der Waals surface area contributed by atoms with Crippen LogP contribution in [-0.4, -0.2) is 57.3 Å². The Labute approximate surface area is 218 Å². The molecule has 3 atom stereocenters. The summed E-state index contributed by atoms with van der Waals surface area (Å²) in [5, 5.41) is 10.0. The summed E-state index contributed by atoms with van der Waals surface area (Å²) in [7, 11) is 0. The van der Waals surface area contributed by atoms with E-state index < -0.39 is 6.04 Å². The summed E-state index contributed by atoms with van der Waals surface area (Å²) >= 11 is 0. The Morgan fingerprint density at radius 2 is 1.68 bits per heavy atom. The Balaban J connectivity index is 1.18. The molecule has 0 N–H and O–H groups in total. The molecule has 4 heterocycles. The van der Waals surface area contributed by atoms with Gasteiger partial charge in [0, 0.05) is 23.7 Å². The molecule has 0 aliphatic carbocycles. The summed E-state index contributed by atoms with van der Waals surface area (Å²) in [6.45, 7) is 0.392. The lowest BCUT2D eigenvalue weighted by molar-refractivity contribution is -0.121. The number of imide groups is 1. The lowest BCUT2D eigenvalue weighted by Crippen LogP contribution is -2.54. The average Bonchev–Trinajstić information content (AvgIpc) is 3.64. The summed E-state index contributed by atoms with van der Waals surface area (Å²) in [6.07, 6.45) is 2.16. The highest BCUT2D eigenvalue weighted by atomic mass is 16.2. The van der Waals surface area contributed by atoms with Crippen molar-refractivity contribution >= 4 is 34.4 Å². The van der Waals surface area contributed by atoms with E-state index in [0.29, 0.717) is 40.7 Å². The number of pyridine rings is 1. The van der Waals surface area contributed by atoms with E-state index in [1.54, 1.807) is 40.3 Å². The van der Waals surface area contributed by atoms with Crippen molar-refractivity contribution in [3.63, 3.8) is 0 Å². The van der Waals surface area contributed by atoms with Gasteiger partial charge in [-0.1, -0.05) is 42.5 Å². The van der Waals surface area contributed by atoms with E-state index in [9.17, 15) is 19.6 Å². The highest BCUT2D eigenvalue weighted by molar-refractivity contribution is 6.25. The first kappa shape index (κ1) is 22.2. The molecule has 0 unspecified atom stereocenters. The number of rotatable bonds is 3. The fourth-order valence-corrected chi connectivity index (χ4v) is 6.16. The van der Waals surface area contributed by atoms with Gasteiger partial charge in [-0.2, -0.15) is 5.26 Å². The minimum absolute atomic E-state index is 0.136. The minimum atomic E-state index is -0.726. The molecule has 3 aliphatic heterocycles. The van der Waals surface area contributed by atoms with Gasteiger partial charge >= 0.3 is 6.03 Å². The van der Waals surface area contributed by atoms with Crippen LogP contribution >= 0.6 is 0 Å².